The first-order chi connectivity index (χ1) is 15.0. The molecule has 1 aliphatic carbocycles. The van der Waals surface area contributed by atoms with E-state index < -0.39 is 0 Å². The molecule has 0 bridgehead atoms. The highest BCUT2D eigenvalue weighted by Crippen LogP contribution is 2.40. The van der Waals surface area contributed by atoms with Gasteiger partial charge in [0.2, 0.25) is 5.91 Å². The quantitative estimate of drug-likeness (QED) is 0.492. The molecule has 6 heteroatoms. The van der Waals surface area contributed by atoms with E-state index in [1.807, 2.05) is 36.4 Å². The first-order valence-corrected chi connectivity index (χ1v) is 11.4. The van der Waals surface area contributed by atoms with E-state index in [-0.39, 0.29) is 5.91 Å². The van der Waals surface area contributed by atoms with Crippen molar-refractivity contribution in [3.63, 3.8) is 0 Å². The summed E-state index contributed by atoms with van der Waals surface area (Å²) in [7, 11) is 0. The SMILES string of the molecule is CC(C)CNC(=O)CCN(Cc1ccccc1)c1nc(C2CC2)nc2cc(Cl)ccc12. The van der Waals surface area contributed by atoms with Crippen molar-refractivity contribution in [2.75, 3.05) is 18.0 Å². The van der Waals surface area contributed by atoms with Crippen molar-refractivity contribution >= 4 is 34.2 Å². The third-order valence-electron chi connectivity index (χ3n) is 5.43. The van der Waals surface area contributed by atoms with Gasteiger partial charge in [0, 0.05) is 42.4 Å². The van der Waals surface area contributed by atoms with Crippen molar-refractivity contribution in [2.45, 2.75) is 45.6 Å². The molecule has 0 unspecified atom stereocenters. The van der Waals surface area contributed by atoms with Gasteiger partial charge in [0.15, 0.2) is 0 Å². The Labute approximate surface area is 188 Å². The molecule has 1 fully saturated rings. The van der Waals surface area contributed by atoms with Crippen LogP contribution in [-0.4, -0.2) is 29.0 Å². The zero-order valence-corrected chi connectivity index (χ0v) is 18.9. The summed E-state index contributed by atoms with van der Waals surface area (Å²) in [5.41, 5.74) is 2.04. The molecule has 1 amide bonds. The van der Waals surface area contributed by atoms with Gasteiger partial charge >= 0.3 is 0 Å². The molecule has 1 saturated carbocycles. The van der Waals surface area contributed by atoms with E-state index in [0.29, 0.717) is 42.9 Å². The molecule has 0 aliphatic heterocycles. The van der Waals surface area contributed by atoms with E-state index in [1.165, 1.54) is 5.56 Å². The molecule has 162 valence electrons. The molecule has 0 radical (unpaired) electrons. The Morgan fingerprint density at radius 3 is 2.65 bits per heavy atom. The molecule has 1 aromatic heterocycles. The Hall–Kier alpha value is -2.66. The Balaban J connectivity index is 1.66. The molecular formula is C25H29ClN4O. The van der Waals surface area contributed by atoms with Gasteiger partial charge in [-0.05, 0) is 42.5 Å². The zero-order valence-electron chi connectivity index (χ0n) is 18.1. The van der Waals surface area contributed by atoms with E-state index in [2.05, 4.69) is 36.2 Å². The highest BCUT2D eigenvalue weighted by Gasteiger charge is 2.28. The van der Waals surface area contributed by atoms with Gasteiger partial charge in [-0.1, -0.05) is 55.8 Å². The van der Waals surface area contributed by atoms with Crippen LogP contribution in [0, 0.1) is 5.92 Å². The monoisotopic (exact) mass is 436 g/mol. The van der Waals surface area contributed by atoms with Gasteiger partial charge in [0.05, 0.1) is 5.52 Å². The zero-order chi connectivity index (χ0) is 21.8. The molecule has 31 heavy (non-hydrogen) atoms. The minimum atomic E-state index is 0.0654. The van der Waals surface area contributed by atoms with E-state index in [4.69, 9.17) is 21.6 Å². The topological polar surface area (TPSA) is 58.1 Å². The molecule has 1 N–H and O–H groups in total. The average molecular weight is 437 g/mol. The Kier molecular flexibility index (Phi) is 6.71. The second-order valence-corrected chi connectivity index (χ2v) is 9.13. The van der Waals surface area contributed by atoms with Gasteiger partial charge in [0.1, 0.15) is 11.6 Å². The summed E-state index contributed by atoms with van der Waals surface area (Å²) in [5.74, 6) is 2.68. The molecule has 1 aliphatic rings. The van der Waals surface area contributed by atoms with Crippen LogP contribution >= 0.6 is 11.6 Å². The number of benzene rings is 2. The molecule has 2 aromatic carbocycles. The highest BCUT2D eigenvalue weighted by atomic mass is 35.5. The molecule has 5 nitrogen and oxygen atoms in total. The van der Waals surface area contributed by atoms with Gasteiger partial charge in [-0.15, -0.1) is 0 Å². The number of anilines is 1. The fraction of sp³-hybridized carbons (Fsp3) is 0.400. The van der Waals surface area contributed by atoms with Crippen molar-refractivity contribution < 1.29 is 4.79 Å². The Morgan fingerprint density at radius 2 is 1.94 bits per heavy atom. The molecule has 4 rings (SSSR count). The smallest absolute Gasteiger partial charge is 0.221 e. The molecule has 0 atom stereocenters. The number of nitrogens with zero attached hydrogens (tertiary/aromatic N) is 3. The second kappa shape index (κ2) is 9.65. The number of halogens is 1. The van der Waals surface area contributed by atoms with Crippen LogP contribution in [0.1, 0.15) is 50.4 Å². The van der Waals surface area contributed by atoms with Crippen LogP contribution in [0.15, 0.2) is 48.5 Å². The van der Waals surface area contributed by atoms with Gasteiger partial charge < -0.3 is 10.2 Å². The summed E-state index contributed by atoms with van der Waals surface area (Å²) in [5, 5.41) is 4.65. The number of hydrogen-bond donors (Lipinski definition) is 1. The van der Waals surface area contributed by atoms with Crippen LogP contribution in [0.25, 0.3) is 10.9 Å². The number of hydrogen-bond acceptors (Lipinski definition) is 4. The summed E-state index contributed by atoms with van der Waals surface area (Å²) in [4.78, 5) is 24.4. The lowest BCUT2D eigenvalue weighted by Gasteiger charge is -2.26. The van der Waals surface area contributed by atoms with Crippen LogP contribution in [0.2, 0.25) is 5.02 Å². The maximum atomic E-state index is 12.4. The van der Waals surface area contributed by atoms with Gasteiger partial charge in [-0.3, -0.25) is 4.79 Å². The van der Waals surface area contributed by atoms with Crippen LogP contribution in [0.4, 0.5) is 5.82 Å². The van der Waals surface area contributed by atoms with Gasteiger partial charge in [0.25, 0.3) is 0 Å². The molecule has 0 saturated heterocycles. The molecule has 1 heterocycles. The lowest BCUT2D eigenvalue weighted by atomic mass is 10.1. The van der Waals surface area contributed by atoms with Crippen LogP contribution < -0.4 is 10.2 Å². The first-order valence-electron chi connectivity index (χ1n) is 11.0. The third-order valence-corrected chi connectivity index (χ3v) is 5.67. The largest absolute Gasteiger partial charge is 0.356 e. The molecular weight excluding hydrogens is 408 g/mol. The number of nitrogens with one attached hydrogen (secondary N) is 1. The predicted octanol–water partition coefficient (Wildman–Crippen LogP) is 5.33. The third kappa shape index (κ3) is 5.73. The highest BCUT2D eigenvalue weighted by molar-refractivity contribution is 6.31. The van der Waals surface area contributed by atoms with Crippen molar-refractivity contribution in [3.8, 4) is 0 Å². The maximum Gasteiger partial charge on any atom is 0.221 e. The number of rotatable bonds is 9. The summed E-state index contributed by atoms with van der Waals surface area (Å²) in [6, 6.07) is 16.1. The Morgan fingerprint density at radius 1 is 1.16 bits per heavy atom. The summed E-state index contributed by atoms with van der Waals surface area (Å²) in [6.07, 6.45) is 2.67. The van der Waals surface area contributed by atoms with E-state index in [9.17, 15) is 4.79 Å². The standard InChI is InChI=1S/C25H29ClN4O/c1-17(2)15-27-23(31)12-13-30(16-18-6-4-3-5-7-18)25-21-11-10-20(26)14-22(21)28-24(29-25)19-8-9-19/h3-7,10-11,14,17,19H,8-9,12-13,15-16H2,1-2H3,(H,27,31). The van der Waals surface area contributed by atoms with E-state index in [1.54, 1.807) is 0 Å². The number of carbonyl (C=O) groups excluding carboxylic acids is 1. The minimum Gasteiger partial charge on any atom is -0.356 e. The van der Waals surface area contributed by atoms with Gasteiger partial charge in [-0.2, -0.15) is 0 Å². The first kappa shape index (κ1) is 21.6. The maximum absolute atomic E-state index is 12.4. The number of amides is 1. The van der Waals surface area contributed by atoms with Gasteiger partial charge in [-0.25, -0.2) is 9.97 Å². The number of fused-ring (bicyclic) bond motifs is 1. The molecule has 3 aromatic rings. The number of aromatic nitrogens is 2. The number of carbonyl (C=O) groups is 1. The lowest BCUT2D eigenvalue weighted by molar-refractivity contribution is -0.121. The lowest BCUT2D eigenvalue weighted by Crippen LogP contribution is -2.33. The van der Waals surface area contributed by atoms with Crippen LogP contribution in [-0.2, 0) is 11.3 Å². The van der Waals surface area contributed by atoms with E-state index in [0.717, 1.165) is 35.4 Å². The normalized spacial score (nSPS) is 13.5. The van der Waals surface area contributed by atoms with E-state index >= 15 is 0 Å². The minimum absolute atomic E-state index is 0.0654. The fourth-order valence-corrected chi connectivity index (χ4v) is 3.74. The summed E-state index contributed by atoms with van der Waals surface area (Å²) in [6.45, 7) is 6.15. The van der Waals surface area contributed by atoms with Crippen molar-refractivity contribution in [1.29, 1.82) is 0 Å². The van der Waals surface area contributed by atoms with Crippen molar-refractivity contribution in [1.82, 2.24) is 15.3 Å². The Bertz CT molecular complexity index is 1050. The summed E-state index contributed by atoms with van der Waals surface area (Å²) < 4.78 is 0. The average Bonchev–Trinajstić information content (AvgIpc) is 3.60. The second-order valence-electron chi connectivity index (χ2n) is 8.70. The fourth-order valence-electron chi connectivity index (χ4n) is 3.58. The van der Waals surface area contributed by atoms with Crippen molar-refractivity contribution in [3.05, 3.63) is 64.9 Å². The summed E-state index contributed by atoms with van der Waals surface area (Å²) >= 11 is 6.26. The predicted molar refractivity (Wildman–Crippen MR) is 126 cm³/mol. The van der Waals surface area contributed by atoms with Crippen LogP contribution in [0.3, 0.4) is 0 Å². The molecule has 0 spiro atoms. The van der Waals surface area contributed by atoms with Crippen LogP contribution in [0.5, 0.6) is 0 Å². The van der Waals surface area contributed by atoms with Crippen molar-refractivity contribution in [2.24, 2.45) is 5.92 Å².